The Labute approximate surface area is 606 Å². The van der Waals surface area contributed by atoms with Gasteiger partial charge in [-0.05, 0) is 176 Å². The van der Waals surface area contributed by atoms with Crippen LogP contribution in [0, 0.1) is 34.8 Å². The molecule has 103 heavy (non-hydrogen) atoms. The molecule has 0 radical (unpaired) electrons. The Morgan fingerprint density at radius 2 is 1.49 bits per heavy atom. The van der Waals surface area contributed by atoms with Crippen LogP contribution in [0.4, 0.5) is 26.1 Å². The first-order valence-electron chi connectivity index (χ1n) is 38.2. The molecule has 3 aliphatic carbocycles. The number of halogens is 2. The lowest BCUT2D eigenvalue weighted by molar-refractivity contribution is -0.143. The van der Waals surface area contributed by atoms with Gasteiger partial charge in [0.15, 0.2) is 0 Å². The molecule has 12 rings (SSSR count). The third kappa shape index (κ3) is 19.4. The maximum atomic E-state index is 15.8. The summed E-state index contributed by atoms with van der Waals surface area (Å²) in [5.41, 5.74) is 4.42. The molecular formula is C78H110F2N16O7. The van der Waals surface area contributed by atoms with Crippen LogP contribution in [-0.2, 0) is 59.6 Å². The minimum atomic E-state index is -0.855. The third-order valence-corrected chi connectivity index (χ3v) is 23.8. The zero-order chi connectivity index (χ0) is 72.4. The van der Waals surface area contributed by atoms with E-state index < -0.39 is 41.3 Å². The number of hydrogen-bond acceptors (Lipinski definition) is 16. The average Bonchev–Trinajstić information content (AvgIpc) is 1.70. The maximum Gasteiger partial charge on any atom is 0.246 e. The van der Waals surface area contributed by atoms with Gasteiger partial charge in [-0.3, -0.25) is 43.4 Å². The van der Waals surface area contributed by atoms with E-state index in [0.29, 0.717) is 94.5 Å². The van der Waals surface area contributed by atoms with Crippen molar-refractivity contribution in [2.75, 3.05) is 108 Å². The number of piperidine rings is 2. The molecular weight excluding hydrogens is 1310 g/mol. The molecule has 4 aromatic rings. The van der Waals surface area contributed by atoms with Gasteiger partial charge in [0.05, 0.1) is 36.4 Å². The number of likely N-dealkylation sites (tertiary alicyclic amines) is 3. The van der Waals surface area contributed by atoms with E-state index in [1.807, 2.05) is 36.4 Å². The molecule has 8 N–H and O–H groups in total. The molecule has 8 atom stereocenters. The number of carbonyl (C=O) groups is 7. The monoisotopic (exact) mass is 1420 g/mol. The second-order valence-electron chi connectivity index (χ2n) is 31.8. The van der Waals surface area contributed by atoms with Crippen LogP contribution in [0.25, 0.3) is 0 Å². The van der Waals surface area contributed by atoms with Crippen LogP contribution >= 0.6 is 0 Å². The molecule has 0 bridgehead atoms. The van der Waals surface area contributed by atoms with E-state index in [1.165, 1.54) is 24.0 Å². The van der Waals surface area contributed by atoms with Crippen molar-refractivity contribution < 1.29 is 42.3 Å². The van der Waals surface area contributed by atoms with Gasteiger partial charge >= 0.3 is 0 Å². The van der Waals surface area contributed by atoms with E-state index in [0.717, 1.165) is 139 Å². The van der Waals surface area contributed by atoms with Crippen molar-refractivity contribution in [2.45, 2.75) is 198 Å². The molecule has 1 unspecified atom stereocenters. The number of carbonyl (C=O) groups excluding carboxylic acids is 7. The van der Waals surface area contributed by atoms with E-state index in [9.17, 15) is 33.6 Å². The molecule has 7 fully saturated rings. The van der Waals surface area contributed by atoms with Crippen LogP contribution in [-0.4, -0.2) is 199 Å². The standard InChI is InChI=1S/C78H110F2N16O7/c1-51(81-4)74(101)89-73(55-17-7-6-8-18-55)76(103)96-46-59(38-66(96)75(102)88-64-21-12-19-54-16-9-10-20-61(54)64)87-70(98)23-22-69(97)82-28-13-29-91(5)60-35-56-43-93(44-57(56)36-60)47-71(99)84-42-53-15-11-14-52(34-53)41-83-67-40-68(86-50-85-67)94-32-26-78(27-33-94)49-95(48-72(100)90-78)65-39-62(79)58(37-63(65)80)45-92-30-24-77(2,3)25-31-92/h9-11,14-16,20,34,37,39-40,50-51,55-57,59-60,64,66,73,81H,6-8,12-13,17-19,21-33,35-36,38,41-49H2,1-5H3,(H,82,97)(H,84,99)(H,87,98)(H,88,102)(H,89,101)(H,90,100)(H,83,85,86)/t51-,56-,57+,59-,60?,64-,66-,73-/m0/s1. The summed E-state index contributed by atoms with van der Waals surface area (Å²) < 4.78 is 31.4. The first-order chi connectivity index (χ1) is 49.6. The molecule has 23 nitrogen and oxygen atoms in total. The predicted molar refractivity (Wildman–Crippen MR) is 392 cm³/mol. The van der Waals surface area contributed by atoms with Crippen LogP contribution in [0.5, 0.6) is 0 Å². The number of rotatable bonds is 27. The highest BCUT2D eigenvalue weighted by Gasteiger charge is 2.47. The number of fused-ring (bicyclic) bond motifs is 2. The molecule has 1 aromatic heterocycles. The van der Waals surface area contributed by atoms with Crippen molar-refractivity contribution >= 4 is 58.7 Å². The normalized spacial score (nSPS) is 24.0. The molecule has 25 heteroatoms. The van der Waals surface area contributed by atoms with Crippen LogP contribution in [0.3, 0.4) is 0 Å². The van der Waals surface area contributed by atoms with Crippen LogP contribution in [0.15, 0.2) is 73.1 Å². The van der Waals surface area contributed by atoms with Gasteiger partial charge in [-0.2, -0.15) is 0 Å². The highest BCUT2D eigenvalue weighted by atomic mass is 19.1. The molecule has 7 amide bonds. The van der Waals surface area contributed by atoms with Gasteiger partial charge in [0.25, 0.3) is 0 Å². The summed E-state index contributed by atoms with van der Waals surface area (Å²) >= 11 is 0. The first kappa shape index (κ1) is 74.8. The molecule has 5 saturated heterocycles. The van der Waals surface area contributed by atoms with Crippen LogP contribution in [0.2, 0.25) is 0 Å². The van der Waals surface area contributed by atoms with Crippen LogP contribution < -0.4 is 52.3 Å². The Morgan fingerprint density at radius 3 is 2.24 bits per heavy atom. The molecule has 1 spiro atoms. The third-order valence-electron chi connectivity index (χ3n) is 23.8. The molecule has 2 saturated carbocycles. The molecule has 6 heterocycles. The largest absolute Gasteiger partial charge is 0.366 e. The van der Waals surface area contributed by atoms with Crippen molar-refractivity contribution in [3.63, 3.8) is 0 Å². The number of nitrogens with one attached hydrogen (secondary N) is 8. The Hall–Kier alpha value is -7.87. The summed E-state index contributed by atoms with van der Waals surface area (Å²) in [6.07, 6.45) is 15.0. The molecule has 3 aromatic carbocycles. The zero-order valence-corrected chi connectivity index (χ0v) is 61.2. The molecule has 558 valence electrons. The molecule has 8 aliphatic rings. The second kappa shape index (κ2) is 33.9. The summed E-state index contributed by atoms with van der Waals surface area (Å²) in [7, 11) is 3.85. The lowest BCUT2D eigenvalue weighted by Gasteiger charge is -2.48. The smallest absolute Gasteiger partial charge is 0.246 e. The molecule has 5 aliphatic heterocycles. The Bertz CT molecular complexity index is 3640. The Kier molecular flexibility index (Phi) is 24.6. The number of aryl methyl sites for hydroxylation is 1. The fraction of sp³-hybridized carbons (Fsp3) is 0.628. The number of piperazine rings is 1. The number of nitrogens with zero attached hydrogens (tertiary/aromatic N) is 8. The Balaban J connectivity index is 0.530. The lowest BCUT2D eigenvalue weighted by Crippen LogP contribution is -2.66. The number of hydrogen-bond donors (Lipinski definition) is 8. The van der Waals surface area contributed by atoms with Gasteiger partial charge in [-0.15, -0.1) is 0 Å². The highest BCUT2D eigenvalue weighted by molar-refractivity contribution is 5.94. The van der Waals surface area contributed by atoms with Gasteiger partial charge in [-0.25, -0.2) is 18.7 Å². The van der Waals surface area contributed by atoms with Gasteiger partial charge in [0.1, 0.15) is 41.7 Å². The number of likely N-dealkylation sites (N-methyl/N-ethyl adjacent to an activating group) is 1. The van der Waals surface area contributed by atoms with Crippen molar-refractivity contribution in [3.05, 3.63) is 113 Å². The fourth-order valence-electron chi connectivity index (χ4n) is 17.5. The van der Waals surface area contributed by atoms with E-state index >= 15 is 8.78 Å². The number of benzene rings is 3. The minimum absolute atomic E-state index is 0.00477. The van der Waals surface area contributed by atoms with Crippen molar-refractivity contribution in [2.24, 2.45) is 23.2 Å². The van der Waals surface area contributed by atoms with Crippen molar-refractivity contribution in [1.82, 2.24) is 66.8 Å². The van der Waals surface area contributed by atoms with Crippen molar-refractivity contribution in [1.29, 1.82) is 0 Å². The summed E-state index contributed by atoms with van der Waals surface area (Å²) in [5.74, 6) is -0.207. The summed E-state index contributed by atoms with van der Waals surface area (Å²) in [6, 6.07) is 18.3. The summed E-state index contributed by atoms with van der Waals surface area (Å²) in [4.78, 5) is 117. The first-order valence-corrected chi connectivity index (χ1v) is 38.2. The predicted octanol–water partition coefficient (Wildman–Crippen LogP) is 6.46. The average molecular weight is 1420 g/mol. The van der Waals surface area contributed by atoms with Crippen molar-refractivity contribution in [3.8, 4) is 0 Å². The van der Waals surface area contributed by atoms with E-state index in [-0.39, 0.29) is 96.8 Å². The maximum absolute atomic E-state index is 15.8. The topological polar surface area (TPSA) is 261 Å². The van der Waals surface area contributed by atoms with E-state index in [2.05, 4.69) is 111 Å². The van der Waals surface area contributed by atoms with E-state index in [4.69, 9.17) is 0 Å². The van der Waals surface area contributed by atoms with Crippen LogP contribution in [0.1, 0.15) is 164 Å². The van der Waals surface area contributed by atoms with Gasteiger partial charge in [0, 0.05) is 108 Å². The quantitative estimate of drug-likeness (QED) is 0.0298. The Morgan fingerprint density at radius 1 is 0.748 bits per heavy atom. The van der Waals surface area contributed by atoms with Gasteiger partial charge < -0.3 is 62.1 Å². The van der Waals surface area contributed by atoms with Gasteiger partial charge in [0.2, 0.25) is 41.4 Å². The zero-order valence-electron chi connectivity index (χ0n) is 61.2. The highest BCUT2D eigenvalue weighted by Crippen LogP contribution is 2.41. The fourth-order valence-corrected chi connectivity index (χ4v) is 17.5. The number of aromatic nitrogens is 2. The van der Waals surface area contributed by atoms with E-state index in [1.54, 1.807) is 23.8 Å². The summed E-state index contributed by atoms with van der Waals surface area (Å²) in [5, 5.41) is 25.2. The minimum Gasteiger partial charge on any atom is -0.366 e. The summed E-state index contributed by atoms with van der Waals surface area (Å²) in [6.45, 7) is 14.2. The number of amides is 7. The lowest BCUT2D eigenvalue weighted by atomic mass is 9.82. The van der Waals surface area contributed by atoms with Gasteiger partial charge in [-0.1, -0.05) is 81.6 Å². The SMILES string of the molecule is CN[C@@H](C)C(=O)N[C@H](C(=O)N1C[C@@H](NC(=O)CCC(=O)NCCCN(C)C2C[C@@H]3CN(CC(=O)NCc4cccc(CNc5cc(N6CCC7(CC6)CN(c6cc(F)c(CN8CCC(C)(C)CC8)cc6F)CC(=O)N7)ncn5)c4)C[C@@H]3C2)C[C@H]1C(=O)N[C@H]1CCCc2ccccc21)C1CCCCC1. The number of anilines is 3. The second-order valence-corrected chi connectivity index (χ2v) is 31.8.